The van der Waals surface area contributed by atoms with Crippen LogP contribution < -0.4 is 10.6 Å². The molecule has 27 heavy (non-hydrogen) atoms. The van der Waals surface area contributed by atoms with Crippen molar-refractivity contribution in [2.75, 3.05) is 13.1 Å². The third kappa shape index (κ3) is 4.05. The molecule has 1 aromatic carbocycles. The van der Waals surface area contributed by atoms with E-state index in [-0.39, 0.29) is 29.1 Å². The van der Waals surface area contributed by atoms with Crippen LogP contribution in [0.4, 0.5) is 0 Å². The fraction of sp³-hybridized carbons (Fsp3) is 0.500. The number of thioether (sulfide) groups is 1. The number of fused-ring (bicyclic) bond motifs is 1. The molecule has 1 aromatic rings. The van der Waals surface area contributed by atoms with Crippen LogP contribution in [0.1, 0.15) is 18.4 Å². The number of carbonyl (C=O) groups is 2. The third-order valence-corrected chi connectivity index (χ3v) is 6.81. The van der Waals surface area contributed by atoms with Gasteiger partial charge in [-0.25, -0.2) is 0 Å². The molecule has 4 rings (SSSR count). The molecule has 4 unspecified atom stereocenters. The second-order valence-corrected chi connectivity index (χ2v) is 8.57. The van der Waals surface area contributed by atoms with E-state index >= 15 is 0 Å². The van der Waals surface area contributed by atoms with Crippen LogP contribution in [0.15, 0.2) is 41.8 Å². The summed E-state index contributed by atoms with van der Waals surface area (Å²) in [5.41, 5.74) is 1.29. The summed E-state index contributed by atoms with van der Waals surface area (Å²) < 4.78 is 0. The highest BCUT2D eigenvalue weighted by Crippen LogP contribution is 2.34. The van der Waals surface area contributed by atoms with Crippen LogP contribution in [0.2, 0.25) is 0 Å². The number of nitrogens with zero attached hydrogens (tertiary/aromatic N) is 1. The van der Waals surface area contributed by atoms with Gasteiger partial charge in [-0.2, -0.15) is 0 Å². The van der Waals surface area contributed by atoms with E-state index in [0.29, 0.717) is 0 Å². The molecule has 4 atom stereocenters. The molecule has 0 bridgehead atoms. The molecule has 3 heterocycles. The highest BCUT2D eigenvalue weighted by Gasteiger charge is 2.47. The predicted octanol–water partition coefficient (Wildman–Crippen LogP) is 0.872. The average Bonchev–Trinajstić information content (AvgIpc) is 3.13. The Balaban J connectivity index is 1.28. The summed E-state index contributed by atoms with van der Waals surface area (Å²) in [5, 5.41) is 18.1. The SMILES string of the molecule is O=C(NC1CCN(Cc2ccccc2)CC1)C1C(=O)NC2C=CSC2C1O. The maximum absolute atomic E-state index is 12.7. The molecular formula is C20H25N3O3S. The normalized spacial score (nSPS) is 31.4. The van der Waals surface area contributed by atoms with E-state index in [2.05, 4.69) is 27.7 Å². The van der Waals surface area contributed by atoms with E-state index in [1.807, 2.05) is 29.7 Å². The molecule has 2 saturated heterocycles. The molecule has 3 N–H and O–H groups in total. The van der Waals surface area contributed by atoms with Crippen molar-refractivity contribution >= 4 is 23.6 Å². The molecule has 3 aliphatic heterocycles. The fourth-order valence-electron chi connectivity index (χ4n) is 4.08. The molecule has 2 fully saturated rings. The van der Waals surface area contributed by atoms with Gasteiger partial charge in [0, 0.05) is 25.7 Å². The maximum atomic E-state index is 12.7. The van der Waals surface area contributed by atoms with E-state index in [1.54, 1.807) is 0 Å². The van der Waals surface area contributed by atoms with Crippen molar-refractivity contribution in [3.8, 4) is 0 Å². The van der Waals surface area contributed by atoms with Gasteiger partial charge in [-0.3, -0.25) is 14.5 Å². The number of aliphatic hydroxyl groups excluding tert-OH is 1. The van der Waals surface area contributed by atoms with Gasteiger partial charge in [0.05, 0.1) is 17.4 Å². The summed E-state index contributed by atoms with van der Waals surface area (Å²) in [6.45, 7) is 2.73. The van der Waals surface area contributed by atoms with E-state index < -0.39 is 12.0 Å². The lowest BCUT2D eigenvalue weighted by Crippen LogP contribution is -2.61. The van der Waals surface area contributed by atoms with Crippen LogP contribution in [-0.4, -0.2) is 58.3 Å². The standard InChI is InChI=1S/C20H25N3O3S/c24-17-16(20(26)22-15-8-11-27-18(15)17)19(25)21-14-6-9-23(10-7-14)12-13-4-2-1-3-5-13/h1-5,8,11,14-18,24H,6-7,9-10,12H2,(H,21,25)(H,22,26). The van der Waals surface area contributed by atoms with E-state index in [9.17, 15) is 14.7 Å². The van der Waals surface area contributed by atoms with Gasteiger partial charge in [-0.1, -0.05) is 36.4 Å². The quantitative estimate of drug-likeness (QED) is 0.668. The van der Waals surface area contributed by atoms with Crippen LogP contribution in [0, 0.1) is 5.92 Å². The number of rotatable bonds is 4. The third-order valence-electron chi connectivity index (χ3n) is 5.61. The molecule has 0 radical (unpaired) electrons. The van der Waals surface area contributed by atoms with Crippen molar-refractivity contribution in [1.82, 2.24) is 15.5 Å². The van der Waals surface area contributed by atoms with Crippen LogP contribution in [-0.2, 0) is 16.1 Å². The van der Waals surface area contributed by atoms with Crippen LogP contribution >= 0.6 is 11.8 Å². The number of benzene rings is 1. The smallest absolute Gasteiger partial charge is 0.235 e. The first-order chi connectivity index (χ1) is 13.1. The van der Waals surface area contributed by atoms with Crippen molar-refractivity contribution in [3.05, 3.63) is 47.4 Å². The highest BCUT2D eigenvalue weighted by atomic mass is 32.2. The second-order valence-electron chi connectivity index (χ2n) is 7.48. The van der Waals surface area contributed by atoms with Crippen LogP contribution in [0.25, 0.3) is 0 Å². The molecule has 0 spiro atoms. The minimum absolute atomic E-state index is 0.0524. The Labute approximate surface area is 163 Å². The minimum Gasteiger partial charge on any atom is -0.390 e. The first-order valence-electron chi connectivity index (χ1n) is 9.49. The van der Waals surface area contributed by atoms with Crippen LogP contribution in [0.5, 0.6) is 0 Å². The topological polar surface area (TPSA) is 81.7 Å². The first-order valence-corrected chi connectivity index (χ1v) is 10.4. The van der Waals surface area contributed by atoms with Crippen LogP contribution in [0.3, 0.4) is 0 Å². The Hall–Kier alpha value is -1.83. The maximum Gasteiger partial charge on any atom is 0.235 e. The number of hydrogen-bond acceptors (Lipinski definition) is 5. The number of carbonyl (C=O) groups excluding carboxylic acids is 2. The summed E-state index contributed by atoms with van der Waals surface area (Å²) in [6, 6.07) is 10.2. The zero-order chi connectivity index (χ0) is 18.8. The zero-order valence-corrected chi connectivity index (χ0v) is 15.9. The zero-order valence-electron chi connectivity index (χ0n) is 15.1. The Morgan fingerprint density at radius 1 is 1.26 bits per heavy atom. The molecule has 3 aliphatic rings. The average molecular weight is 388 g/mol. The molecule has 0 aromatic heterocycles. The lowest BCUT2D eigenvalue weighted by Gasteiger charge is -2.37. The van der Waals surface area contributed by atoms with Gasteiger partial charge in [0.1, 0.15) is 5.92 Å². The number of nitrogens with one attached hydrogen (secondary N) is 2. The summed E-state index contributed by atoms with van der Waals surface area (Å²) in [7, 11) is 0. The molecule has 6 nitrogen and oxygen atoms in total. The molecule has 144 valence electrons. The fourth-order valence-corrected chi connectivity index (χ4v) is 5.17. The summed E-state index contributed by atoms with van der Waals surface area (Å²) in [4.78, 5) is 27.4. The Morgan fingerprint density at radius 2 is 2.00 bits per heavy atom. The largest absolute Gasteiger partial charge is 0.390 e. The van der Waals surface area contributed by atoms with E-state index in [0.717, 1.165) is 32.5 Å². The van der Waals surface area contributed by atoms with Gasteiger partial charge in [-0.05, 0) is 23.8 Å². The van der Waals surface area contributed by atoms with Gasteiger partial charge < -0.3 is 15.7 Å². The lowest BCUT2D eigenvalue weighted by molar-refractivity contribution is -0.143. The van der Waals surface area contributed by atoms with Crippen molar-refractivity contribution in [3.63, 3.8) is 0 Å². The molecule has 0 saturated carbocycles. The predicted molar refractivity (Wildman–Crippen MR) is 105 cm³/mol. The van der Waals surface area contributed by atoms with Crippen molar-refractivity contribution in [2.24, 2.45) is 5.92 Å². The molecule has 7 heteroatoms. The van der Waals surface area contributed by atoms with Gasteiger partial charge in [0.25, 0.3) is 0 Å². The first kappa shape index (κ1) is 18.5. The second kappa shape index (κ2) is 8.04. The summed E-state index contributed by atoms with van der Waals surface area (Å²) in [5.74, 6) is -1.76. The van der Waals surface area contributed by atoms with Crippen molar-refractivity contribution < 1.29 is 14.7 Å². The summed E-state index contributed by atoms with van der Waals surface area (Å²) in [6.07, 6.45) is 2.62. The highest BCUT2D eigenvalue weighted by molar-refractivity contribution is 8.03. The number of piperidine rings is 2. The monoisotopic (exact) mass is 387 g/mol. The molecular weight excluding hydrogens is 362 g/mol. The summed E-state index contributed by atoms with van der Waals surface area (Å²) >= 11 is 1.47. The molecule has 2 amide bonds. The number of likely N-dealkylation sites (tertiary alicyclic amines) is 1. The number of aliphatic hydroxyl groups is 1. The molecule has 0 aliphatic carbocycles. The van der Waals surface area contributed by atoms with Gasteiger partial charge in [-0.15, -0.1) is 11.8 Å². The van der Waals surface area contributed by atoms with Gasteiger partial charge in [0.15, 0.2) is 0 Å². The lowest BCUT2D eigenvalue weighted by atomic mass is 9.89. The Kier molecular flexibility index (Phi) is 5.52. The Morgan fingerprint density at radius 3 is 2.74 bits per heavy atom. The number of hydrogen-bond donors (Lipinski definition) is 3. The Bertz CT molecular complexity index is 718. The minimum atomic E-state index is -1.03. The van der Waals surface area contributed by atoms with E-state index in [4.69, 9.17) is 0 Å². The van der Waals surface area contributed by atoms with Gasteiger partial charge >= 0.3 is 0 Å². The van der Waals surface area contributed by atoms with Crippen molar-refractivity contribution in [1.29, 1.82) is 0 Å². The van der Waals surface area contributed by atoms with Crippen molar-refractivity contribution in [2.45, 2.75) is 42.8 Å². The van der Waals surface area contributed by atoms with E-state index in [1.165, 1.54) is 17.3 Å². The number of amides is 2. The van der Waals surface area contributed by atoms with Gasteiger partial charge in [0.2, 0.25) is 11.8 Å².